The van der Waals surface area contributed by atoms with E-state index >= 15 is 0 Å². The van der Waals surface area contributed by atoms with E-state index < -0.39 is 32.5 Å². The van der Waals surface area contributed by atoms with Gasteiger partial charge in [-0.15, -0.1) is 0 Å². The van der Waals surface area contributed by atoms with Crippen LogP contribution in [0.2, 0.25) is 0 Å². The van der Waals surface area contributed by atoms with Crippen LogP contribution >= 0.6 is 0 Å². The highest BCUT2D eigenvalue weighted by molar-refractivity contribution is 7.97. The predicted octanol–water partition coefficient (Wildman–Crippen LogP) is 3.95. The summed E-state index contributed by atoms with van der Waals surface area (Å²) in [6, 6.07) is 10.7. The zero-order valence-corrected chi connectivity index (χ0v) is 22.2. The Bertz CT molecular complexity index is 1060. The van der Waals surface area contributed by atoms with Gasteiger partial charge in [0.2, 0.25) is 0 Å². The molecule has 10 heteroatoms. The van der Waals surface area contributed by atoms with E-state index in [4.69, 9.17) is 9.47 Å². The molecule has 8 nitrogen and oxygen atoms in total. The first-order chi connectivity index (χ1) is 16.3. The second kappa shape index (κ2) is 12.6. The molecule has 0 spiro atoms. The van der Waals surface area contributed by atoms with Gasteiger partial charge < -0.3 is 24.2 Å². The summed E-state index contributed by atoms with van der Waals surface area (Å²) in [7, 11) is -4.60. The summed E-state index contributed by atoms with van der Waals surface area (Å²) in [5.41, 5.74) is 1.45. The minimum Gasteiger partial charge on any atom is -0.744 e. The van der Waals surface area contributed by atoms with Crippen molar-refractivity contribution in [2.75, 3.05) is 31.3 Å². The molecular formula is C25H34O8S2. The maximum Gasteiger partial charge on any atom is 0.338 e. The normalized spacial score (nSPS) is 14.7. The van der Waals surface area contributed by atoms with Crippen molar-refractivity contribution < 1.29 is 37.5 Å². The van der Waals surface area contributed by atoms with Gasteiger partial charge in [-0.25, -0.2) is 13.2 Å². The fourth-order valence-corrected chi connectivity index (χ4v) is 5.74. The van der Waals surface area contributed by atoms with Gasteiger partial charge in [0.05, 0.1) is 25.4 Å². The molecule has 0 atom stereocenters. The fraction of sp³-hybridized carbons (Fsp3) is 0.480. The van der Waals surface area contributed by atoms with Crippen molar-refractivity contribution in [3.8, 4) is 11.5 Å². The smallest absolute Gasteiger partial charge is 0.338 e. The Morgan fingerprint density at radius 1 is 1.09 bits per heavy atom. The summed E-state index contributed by atoms with van der Waals surface area (Å²) in [6.07, 6.45) is 1.47. The number of phenolic OH excluding ortho intramolecular Hbond substituents is 2. The van der Waals surface area contributed by atoms with Gasteiger partial charge in [-0.1, -0.05) is 46.2 Å². The third-order valence-electron chi connectivity index (χ3n) is 5.27. The number of benzene rings is 2. The zero-order chi connectivity index (χ0) is 26.2. The molecule has 0 aliphatic carbocycles. The van der Waals surface area contributed by atoms with Crippen molar-refractivity contribution in [2.45, 2.75) is 55.7 Å². The highest BCUT2D eigenvalue weighted by atomic mass is 32.2. The Kier molecular flexibility index (Phi) is 10.4. The number of phenols is 2. The van der Waals surface area contributed by atoms with Crippen LogP contribution in [0.1, 0.15) is 56.5 Å². The lowest BCUT2D eigenvalue weighted by Gasteiger charge is -2.19. The molecular weight excluding hydrogens is 492 g/mol. The van der Waals surface area contributed by atoms with Crippen LogP contribution in [0.5, 0.6) is 11.5 Å². The maximum absolute atomic E-state index is 11.5. The van der Waals surface area contributed by atoms with Gasteiger partial charge in [0, 0.05) is 10.9 Å². The second-order valence-corrected chi connectivity index (χ2v) is 12.7. The minimum absolute atomic E-state index is 0.165. The number of rotatable bonds is 6. The number of aromatic hydroxyl groups is 2. The Morgan fingerprint density at radius 2 is 1.63 bits per heavy atom. The zero-order valence-electron chi connectivity index (χ0n) is 20.6. The van der Waals surface area contributed by atoms with Crippen LogP contribution in [0.4, 0.5) is 0 Å². The highest BCUT2D eigenvalue weighted by Crippen LogP contribution is 2.33. The first kappa shape index (κ1) is 29.0. The molecule has 1 saturated heterocycles. The molecule has 194 valence electrons. The average molecular weight is 527 g/mol. The van der Waals surface area contributed by atoms with E-state index in [1.54, 1.807) is 0 Å². The fourth-order valence-electron chi connectivity index (χ4n) is 3.27. The molecule has 0 bridgehead atoms. The summed E-state index contributed by atoms with van der Waals surface area (Å²) in [6.45, 7) is 10.7. The first-order valence-corrected chi connectivity index (χ1v) is 14.4. The molecule has 0 amide bonds. The quantitative estimate of drug-likeness (QED) is 0.250. The van der Waals surface area contributed by atoms with Gasteiger partial charge in [-0.2, -0.15) is 0 Å². The molecule has 3 rings (SSSR count). The Balaban J connectivity index is 0.000000250. The lowest BCUT2D eigenvalue weighted by molar-refractivity contribution is 0.0498. The maximum atomic E-state index is 11.5. The van der Waals surface area contributed by atoms with Crippen LogP contribution < -0.4 is 0 Å². The van der Waals surface area contributed by atoms with Gasteiger partial charge in [0.15, 0.2) is 4.90 Å². The van der Waals surface area contributed by atoms with Crippen molar-refractivity contribution in [2.24, 2.45) is 0 Å². The topological polar surface area (TPSA) is 133 Å². The second-order valence-electron chi connectivity index (χ2n) is 9.08. The number of ether oxygens (including phenoxy) is 2. The molecule has 0 aromatic heterocycles. The SMILES string of the molecule is CC(C)(C)c1ccc([S+]2CCOCC2)cc1.CCCCOC(=O)c1cc(O)c(S(=O)(=O)[O-])c(O)c1. The molecule has 1 aliphatic heterocycles. The van der Waals surface area contributed by atoms with Crippen molar-refractivity contribution in [3.05, 3.63) is 47.5 Å². The number of hydrogen-bond donors (Lipinski definition) is 2. The summed E-state index contributed by atoms with van der Waals surface area (Å²) < 4.78 is 42.5. The molecule has 1 fully saturated rings. The molecule has 0 saturated carbocycles. The predicted molar refractivity (Wildman–Crippen MR) is 134 cm³/mol. The standard InChI is InChI=1S/C14H21OS.C11H14O7S/c1-14(2,3)12-4-6-13(7-5-12)16-10-8-15-9-11-16;1-2-3-4-18-11(14)7-5-8(12)10(9(13)6-7)19(15,16)17/h4-7H,8-11H2,1-3H3;5-6,12-13H,2-4H2,1H3,(H,15,16,17)/q+1;/p-1. The van der Waals surface area contributed by atoms with Gasteiger partial charge in [-0.05, 0) is 41.7 Å². The third kappa shape index (κ3) is 8.71. The highest BCUT2D eigenvalue weighted by Gasteiger charge is 2.25. The van der Waals surface area contributed by atoms with Crippen molar-refractivity contribution in [1.82, 2.24) is 0 Å². The summed E-state index contributed by atoms with van der Waals surface area (Å²) in [5.74, 6) is -0.396. The molecule has 2 aromatic rings. The van der Waals surface area contributed by atoms with E-state index in [2.05, 4.69) is 45.0 Å². The van der Waals surface area contributed by atoms with Crippen LogP contribution in [-0.2, 0) is 35.9 Å². The monoisotopic (exact) mass is 526 g/mol. The largest absolute Gasteiger partial charge is 0.744 e. The molecule has 0 unspecified atom stereocenters. The summed E-state index contributed by atoms with van der Waals surface area (Å²) in [4.78, 5) is 11.9. The number of carbonyl (C=O) groups is 1. The average Bonchev–Trinajstić information content (AvgIpc) is 2.78. The summed E-state index contributed by atoms with van der Waals surface area (Å²) >= 11 is 0. The lowest BCUT2D eigenvalue weighted by atomic mass is 9.87. The van der Waals surface area contributed by atoms with Crippen molar-refractivity contribution in [1.29, 1.82) is 0 Å². The van der Waals surface area contributed by atoms with Gasteiger partial charge in [-0.3, -0.25) is 0 Å². The molecule has 1 heterocycles. The number of carbonyl (C=O) groups excluding carboxylic acids is 1. The van der Waals surface area contributed by atoms with E-state index in [-0.39, 0.29) is 17.6 Å². The summed E-state index contributed by atoms with van der Waals surface area (Å²) in [5, 5.41) is 18.8. The van der Waals surface area contributed by atoms with Gasteiger partial charge >= 0.3 is 5.97 Å². The van der Waals surface area contributed by atoms with Crippen LogP contribution in [0.25, 0.3) is 0 Å². The first-order valence-electron chi connectivity index (χ1n) is 11.4. The van der Waals surface area contributed by atoms with Crippen LogP contribution in [0, 0.1) is 0 Å². The lowest BCUT2D eigenvalue weighted by Crippen LogP contribution is -2.26. The van der Waals surface area contributed by atoms with E-state index in [9.17, 15) is 28.0 Å². The number of hydrogen-bond acceptors (Lipinski definition) is 8. The molecule has 2 N–H and O–H groups in total. The number of unbranched alkanes of at least 4 members (excludes halogenated alkanes) is 1. The van der Waals surface area contributed by atoms with E-state index in [0.29, 0.717) is 17.3 Å². The van der Waals surface area contributed by atoms with Crippen molar-refractivity contribution >= 4 is 27.0 Å². The molecule has 1 aliphatic rings. The molecule has 2 aromatic carbocycles. The van der Waals surface area contributed by atoms with Crippen molar-refractivity contribution in [3.63, 3.8) is 0 Å². The van der Waals surface area contributed by atoms with Crippen LogP contribution in [-0.4, -0.2) is 60.5 Å². The molecule has 35 heavy (non-hydrogen) atoms. The Morgan fingerprint density at radius 3 is 2.09 bits per heavy atom. The number of esters is 1. The van der Waals surface area contributed by atoms with Gasteiger partial charge in [0.25, 0.3) is 0 Å². The van der Waals surface area contributed by atoms with Gasteiger partial charge in [0.1, 0.15) is 38.0 Å². The Hall–Kier alpha value is -2.27. The molecule has 0 radical (unpaired) electrons. The third-order valence-corrected chi connectivity index (χ3v) is 8.44. The van der Waals surface area contributed by atoms with E-state index in [1.165, 1.54) is 22.0 Å². The minimum atomic E-state index is -5.03. The van der Waals surface area contributed by atoms with Crippen LogP contribution in [0.15, 0.2) is 46.2 Å². The Labute approximate surface area is 210 Å². The van der Waals surface area contributed by atoms with E-state index in [1.807, 2.05) is 6.92 Å². The van der Waals surface area contributed by atoms with E-state index in [0.717, 1.165) is 31.8 Å². The van der Waals surface area contributed by atoms with Crippen LogP contribution in [0.3, 0.4) is 0 Å².